The first-order valence-electron chi connectivity index (χ1n) is 12.1. The Balaban J connectivity index is 1.42. The van der Waals surface area contributed by atoms with Gasteiger partial charge in [0.05, 0.1) is 48.7 Å². The monoisotopic (exact) mass is 539 g/mol. The summed E-state index contributed by atoms with van der Waals surface area (Å²) < 4.78 is 15.8. The van der Waals surface area contributed by atoms with Gasteiger partial charge in [0.1, 0.15) is 11.5 Å². The Kier molecular flexibility index (Phi) is 7.79. The van der Waals surface area contributed by atoms with E-state index in [2.05, 4.69) is 5.32 Å². The molecule has 5 aromatic rings. The van der Waals surface area contributed by atoms with Gasteiger partial charge in [-0.1, -0.05) is 6.07 Å². The minimum Gasteiger partial charge on any atom is -0.497 e. The molecule has 0 bridgehead atoms. The van der Waals surface area contributed by atoms with E-state index >= 15 is 0 Å². The molecule has 8 nitrogen and oxygen atoms in total. The Morgan fingerprint density at radius 2 is 1.41 bits per heavy atom. The highest BCUT2D eigenvalue weighted by atomic mass is 32.1. The van der Waals surface area contributed by atoms with Crippen molar-refractivity contribution >= 4 is 34.2 Å². The van der Waals surface area contributed by atoms with Gasteiger partial charge in [0, 0.05) is 16.0 Å². The van der Waals surface area contributed by atoms with E-state index in [0.29, 0.717) is 29.0 Å². The summed E-state index contributed by atoms with van der Waals surface area (Å²) in [7, 11) is 3.23. The van der Waals surface area contributed by atoms with Gasteiger partial charge >= 0.3 is 5.97 Å². The number of amides is 1. The number of hydrogen-bond acceptors (Lipinski definition) is 8. The van der Waals surface area contributed by atoms with Crippen molar-refractivity contribution in [2.45, 2.75) is 6.54 Å². The fourth-order valence-electron chi connectivity index (χ4n) is 3.95. The predicted octanol–water partition coefficient (Wildman–Crippen LogP) is 5.52. The van der Waals surface area contributed by atoms with E-state index in [1.54, 1.807) is 43.8 Å². The van der Waals surface area contributed by atoms with Gasteiger partial charge in [0.15, 0.2) is 6.61 Å². The number of benzene rings is 3. The molecule has 2 heterocycles. The number of carbonyl (C=O) groups is 2. The van der Waals surface area contributed by atoms with Crippen molar-refractivity contribution in [1.29, 1.82) is 0 Å². The van der Waals surface area contributed by atoms with E-state index in [9.17, 15) is 9.59 Å². The molecular weight excluding hydrogens is 514 g/mol. The Bertz CT molecular complexity index is 1600. The Morgan fingerprint density at radius 3 is 1.97 bits per heavy atom. The molecule has 0 radical (unpaired) electrons. The largest absolute Gasteiger partial charge is 0.497 e. The fraction of sp³-hybridized carbons (Fsp3) is 0.133. The second-order valence-electron chi connectivity index (χ2n) is 8.51. The lowest BCUT2D eigenvalue weighted by Gasteiger charge is -2.12. The van der Waals surface area contributed by atoms with Crippen LogP contribution in [0.5, 0.6) is 11.5 Å². The standard InChI is InChI=1S/C30H25N3O5S/c1-36-22-10-5-19(6-11-22)28-29(20-7-12-23(37-2)13-8-20)33-26-16-21(9-14-25(26)32-28)30(35)38-18-27(34)31-17-24-4-3-15-39-24/h3-16H,17-18H2,1-2H3,(H,31,34). The maximum absolute atomic E-state index is 12.7. The summed E-state index contributed by atoms with van der Waals surface area (Å²) in [5, 5.41) is 4.67. The van der Waals surface area contributed by atoms with Gasteiger partial charge in [0.25, 0.3) is 5.91 Å². The number of ether oxygens (including phenoxy) is 3. The second-order valence-corrected chi connectivity index (χ2v) is 9.55. The van der Waals surface area contributed by atoms with Crippen molar-refractivity contribution in [2.24, 2.45) is 0 Å². The Hall–Kier alpha value is -4.76. The molecule has 1 amide bonds. The van der Waals surface area contributed by atoms with Crippen LogP contribution in [0.25, 0.3) is 33.5 Å². The third-order valence-corrected chi connectivity index (χ3v) is 6.88. The third kappa shape index (κ3) is 6.05. The van der Waals surface area contributed by atoms with Gasteiger partial charge in [-0.05, 0) is 78.2 Å². The number of fused-ring (bicyclic) bond motifs is 1. The molecule has 39 heavy (non-hydrogen) atoms. The first-order valence-corrected chi connectivity index (χ1v) is 13.0. The molecule has 9 heteroatoms. The molecule has 0 aliphatic heterocycles. The second kappa shape index (κ2) is 11.7. The van der Waals surface area contributed by atoms with Gasteiger partial charge in [-0.2, -0.15) is 0 Å². The summed E-state index contributed by atoms with van der Waals surface area (Å²) in [6.45, 7) is 0.0196. The van der Waals surface area contributed by atoms with E-state index in [1.807, 2.05) is 66.0 Å². The van der Waals surface area contributed by atoms with Crippen LogP contribution in [-0.4, -0.2) is 42.7 Å². The number of aromatic nitrogens is 2. The summed E-state index contributed by atoms with van der Waals surface area (Å²) >= 11 is 1.54. The highest BCUT2D eigenvalue weighted by Crippen LogP contribution is 2.33. The van der Waals surface area contributed by atoms with E-state index < -0.39 is 5.97 Å². The zero-order chi connectivity index (χ0) is 27.2. The molecule has 0 unspecified atom stereocenters. The number of methoxy groups -OCH3 is 2. The van der Waals surface area contributed by atoms with Gasteiger partial charge in [-0.3, -0.25) is 4.79 Å². The normalized spacial score (nSPS) is 10.7. The van der Waals surface area contributed by atoms with Gasteiger partial charge in [-0.15, -0.1) is 11.3 Å². The van der Waals surface area contributed by atoms with E-state index in [4.69, 9.17) is 24.2 Å². The molecule has 0 aliphatic rings. The highest BCUT2D eigenvalue weighted by Gasteiger charge is 2.16. The maximum atomic E-state index is 12.7. The Morgan fingerprint density at radius 1 is 0.795 bits per heavy atom. The maximum Gasteiger partial charge on any atom is 0.338 e. The smallest absolute Gasteiger partial charge is 0.338 e. The number of esters is 1. The minimum atomic E-state index is -0.616. The van der Waals surface area contributed by atoms with Crippen molar-refractivity contribution < 1.29 is 23.8 Å². The number of rotatable bonds is 9. The van der Waals surface area contributed by atoms with Crippen molar-refractivity contribution in [3.05, 3.63) is 94.7 Å². The van der Waals surface area contributed by atoms with Crippen LogP contribution in [0.15, 0.2) is 84.2 Å². The van der Waals surface area contributed by atoms with Crippen LogP contribution in [-0.2, 0) is 16.1 Å². The molecule has 0 saturated heterocycles. The van der Waals surface area contributed by atoms with Crippen molar-refractivity contribution in [3.8, 4) is 34.0 Å². The zero-order valence-corrected chi connectivity index (χ0v) is 22.2. The molecule has 0 atom stereocenters. The van der Waals surface area contributed by atoms with Crippen molar-refractivity contribution in [1.82, 2.24) is 15.3 Å². The lowest BCUT2D eigenvalue weighted by Crippen LogP contribution is -2.28. The fourth-order valence-corrected chi connectivity index (χ4v) is 4.59. The molecule has 2 aromatic heterocycles. The molecule has 196 valence electrons. The summed E-state index contributed by atoms with van der Waals surface area (Å²) in [5.41, 5.74) is 4.46. The van der Waals surface area contributed by atoms with Crippen molar-refractivity contribution in [2.75, 3.05) is 20.8 Å². The molecule has 0 aliphatic carbocycles. The quantitative estimate of drug-likeness (QED) is 0.246. The average molecular weight is 540 g/mol. The highest BCUT2D eigenvalue weighted by molar-refractivity contribution is 7.09. The number of hydrogen-bond donors (Lipinski definition) is 1. The number of thiophene rings is 1. The van der Waals surface area contributed by atoms with Gasteiger partial charge in [0.2, 0.25) is 0 Å². The van der Waals surface area contributed by atoms with Gasteiger partial charge in [-0.25, -0.2) is 14.8 Å². The summed E-state index contributed by atoms with van der Waals surface area (Å²) in [4.78, 5) is 35.7. The van der Waals surface area contributed by atoms with Crippen LogP contribution in [0.3, 0.4) is 0 Å². The first-order chi connectivity index (χ1) is 19.0. The predicted molar refractivity (Wildman–Crippen MR) is 150 cm³/mol. The van der Waals surface area contributed by atoms with Crippen LogP contribution in [0.4, 0.5) is 0 Å². The molecule has 0 saturated carbocycles. The van der Waals surface area contributed by atoms with Crippen molar-refractivity contribution in [3.63, 3.8) is 0 Å². The average Bonchev–Trinajstić information content (AvgIpc) is 3.52. The van der Waals surface area contributed by atoms with Crippen LogP contribution < -0.4 is 14.8 Å². The topological polar surface area (TPSA) is 99.6 Å². The molecule has 1 N–H and O–H groups in total. The Labute approximate surface area is 229 Å². The van der Waals surface area contributed by atoms with Crippen LogP contribution in [0.1, 0.15) is 15.2 Å². The molecule has 5 rings (SSSR count). The molecule has 3 aromatic carbocycles. The van der Waals surface area contributed by atoms with Gasteiger partial charge < -0.3 is 19.5 Å². The minimum absolute atomic E-state index is 0.278. The lowest BCUT2D eigenvalue weighted by atomic mass is 10.0. The summed E-state index contributed by atoms with van der Waals surface area (Å²) in [6, 6.07) is 23.9. The zero-order valence-electron chi connectivity index (χ0n) is 21.3. The summed E-state index contributed by atoms with van der Waals surface area (Å²) in [5.74, 6) is 0.475. The van der Waals surface area contributed by atoms with E-state index in [-0.39, 0.29) is 18.1 Å². The first kappa shape index (κ1) is 25.9. The van der Waals surface area contributed by atoms with Crippen LogP contribution in [0.2, 0.25) is 0 Å². The van der Waals surface area contributed by atoms with E-state index in [0.717, 1.165) is 27.5 Å². The number of carbonyl (C=O) groups excluding carboxylic acids is 2. The molecule has 0 spiro atoms. The molecular formula is C30H25N3O5S. The van der Waals surface area contributed by atoms with Crippen LogP contribution >= 0.6 is 11.3 Å². The third-order valence-electron chi connectivity index (χ3n) is 6.00. The molecule has 0 fully saturated rings. The number of nitrogens with zero attached hydrogens (tertiary/aromatic N) is 2. The summed E-state index contributed by atoms with van der Waals surface area (Å²) in [6.07, 6.45) is 0. The lowest BCUT2D eigenvalue weighted by molar-refractivity contribution is -0.124. The van der Waals surface area contributed by atoms with Crippen LogP contribution in [0, 0.1) is 0 Å². The van der Waals surface area contributed by atoms with E-state index in [1.165, 1.54) is 0 Å². The SMILES string of the molecule is COc1ccc(-c2nc3ccc(C(=O)OCC(=O)NCc4cccs4)cc3nc2-c2ccc(OC)cc2)cc1. The number of nitrogens with one attached hydrogen (secondary N) is 1.